The van der Waals surface area contributed by atoms with Crippen molar-refractivity contribution in [3.8, 4) is 5.75 Å². The Morgan fingerprint density at radius 1 is 1.23 bits per heavy atom. The van der Waals surface area contributed by atoms with Gasteiger partial charge in [0.25, 0.3) is 5.91 Å². The van der Waals surface area contributed by atoms with Gasteiger partial charge in [0.1, 0.15) is 17.4 Å². The molecule has 2 aliphatic rings. The fourth-order valence-corrected chi connectivity index (χ4v) is 5.71. The number of carbonyl (C=O) groups is 2. The zero-order chi connectivity index (χ0) is 22.3. The lowest BCUT2D eigenvalue weighted by molar-refractivity contribution is -0.140. The summed E-state index contributed by atoms with van der Waals surface area (Å²) in [6.07, 6.45) is 0.316. The van der Waals surface area contributed by atoms with Crippen LogP contribution in [0.1, 0.15) is 31.4 Å². The maximum Gasteiger partial charge on any atom is 0.268 e. The molecule has 0 aliphatic carbocycles. The lowest BCUT2D eigenvalue weighted by Gasteiger charge is -2.33. The third-order valence-corrected chi connectivity index (χ3v) is 7.08. The fourth-order valence-electron chi connectivity index (χ4n) is 4.24. The van der Waals surface area contributed by atoms with Crippen molar-refractivity contribution in [3.63, 3.8) is 0 Å². The molecule has 0 unspecified atom stereocenters. The Kier molecular flexibility index (Phi) is 5.68. The van der Waals surface area contributed by atoms with Crippen molar-refractivity contribution in [2.45, 2.75) is 31.7 Å². The van der Waals surface area contributed by atoms with Gasteiger partial charge in [-0.3, -0.25) is 9.59 Å². The zero-order valence-corrected chi connectivity index (χ0v) is 18.5. The van der Waals surface area contributed by atoms with E-state index in [9.17, 15) is 18.4 Å². The van der Waals surface area contributed by atoms with Crippen molar-refractivity contribution in [1.29, 1.82) is 0 Å². The summed E-state index contributed by atoms with van der Waals surface area (Å²) in [6.45, 7) is 4.08. The molecule has 1 spiro atoms. The van der Waals surface area contributed by atoms with Gasteiger partial charge in [0.15, 0.2) is 4.87 Å². The van der Waals surface area contributed by atoms with Gasteiger partial charge in [-0.1, -0.05) is 19.9 Å². The van der Waals surface area contributed by atoms with E-state index in [1.165, 1.54) is 42.0 Å². The van der Waals surface area contributed by atoms with Crippen molar-refractivity contribution in [1.82, 2.24) is 4.90 Å². The van der Waals surface area contributed by atoms with Crippen molar-refractivity contribution in [2.24, 2.45) is 5.92 Å². The Hall–Kier alpha value is -2.61. The van der Waals surface area contributed by atoms with Gasteiger partial charge in [0.05, 0.1) is 19.3 Å². The highest BCUT2D eigenvalue weighted by atomic mass is 32.2. The molecule has 0 radical (unpaired) electrons. The summed E-state index contributed by atoms with van der Waals surface area (Å²) in [5, 5.41) is 0. The van der Waals surface area contributed by atoms with E-state index in [1.54, 1.807) is 23.1 Å². The Labute approximate surface area is 184 Å². The van der Waals surface area contributed by atoms with Crippen LogP contribution >= 0.6 is 11.8 Å². The summed E-state index contributed by atoms with van der Waals surface area (Å²) in [4.78, 5) is 28.7. The quantitative estimate of drug-likeness (QED) is 0.688. The van der Waals surface area contributed by atoms with Crippen LogP contribution in [0, 0.1) is 17.6 Å². The topological polar surface area (TPSA) is 49.9 Å². The highest BCUT2D eigenvalue weighted by Crippen LogP contribution is 2.55. The average molecular weight is 447 g/mol. The predicted molar refractivity (Wildman–Crippen MR) is 116 cm³/mol. The maximum absolute atomic E-state index is 14.4. The Morgan fingerprint density at radius 3 is 2.58 bits per heavy atom. The first-order valence-corrected chi connectivity index (χ1v) is 11.2. The predicted octanol–water partition coefficient (Wildman–Crippen LogP) is 4.29. The second-order valence-electron chi connectivity index (χ2n) is 8.11. The lowest BCUT2D eigenvalue weighted by Crippen LogP contribution is -2.50. The van der Waals surface area contributed by atoms with Gasteiger partial charge in [0, 0.05) is 29.8 Å². The number of anilines is 1. The Bertz CT molecular complexity index is 1030. The summed E-state index contributed by atoms with van der Waals surface area (Å²) in [6, 6.07) is 8.80. The minimum Gasteiger partial charge on any atom is -0.497 e. The number of ether oxygens (including phenoxy) is 1. The van der Waals surface area contributed by atoms with Crippen molar-refractivity contribution >= 4 is 29.3 Å². The van der Waals surface area contributed by atoms with E-state index in [-0.39, 0.29) is 29.8 Å². The summed E-state index contributed by atoms with van der Waals surface area (Å²) < 4.78 is 34.1. The van der Waals surface area contributed by atoms with E-state index in [2.05, 4.69) is 0 Å². The number of amides is 2. The van der Waals surface area contributed by atoms with Crippen LogP contribution < -0.4 is 9.64 Å². The highest BCUT2D eigenvalue weighted by Gasteiger charge is 2.59. The monoisotopic (exact) mass is 446 g/mol. The van der Waals surface area contributed by atoms with E-state index in [0.29, 0.717) is 35.7 Å². The third-order valence-electron chi connectivity index (χ3n) is 5.66. The van der Waals surface area contributed by atoms with Gasteiger partial charge in [-0.15, -0.1) is 11.8 Å². The van der Waals surface area contributed by atoms with Gasteiger partial charge in [-0.05, 0) is 36.2 Å². The zero-order valence-electron chi connectivity index (χ0n) is 17.7. The highest BCUT2D eigenvalue weighted by molar-refractivity contribution is 8.01. The molecular formula is C23H24F2N2O3S. The molecule has 8 heteroatoms. The summed E-state index contributed by atoms with van der Waals surface area (Å²) in [5.74, 6) is -0.618. The lowest BCUT2D eigenvalue weighted by atomic mass is 10.0. The number of nitrogens with zero attached hydrogens (tertiary/aromatic N) is 2. The molecule has 2 heterocycles. The van der Waals surface area contributed by atoms with E-state index >= 15 is 0 Å². The van der Waals surface area contributed by atoms with Crippen LogP contribution in [-0.2, 0) is 21.0 Å². The summed E-state index contributed by atoms with van der Waals surface area (Å²) in [5.41, 5.74) is 0.969. The number of benzene rings is 2. The number of carbonyl (C=O) groups excluding carboxylic acids is 2. The SMILES string of the molecule is COc1ccc2c(c1)[C@]1(SCCN1C(=O)CC(C)C)C(=O)N2Cc1c(F)cccc1F. The molecule has 31 heavy (non-hydrogen) atoms. The van der Waals surface area contributed by atoms with Crippen LogP contribution in [0.2, 0.25) is 0 Å². The van der Waals surface area contributed by atoms with Crippen LogP contribution in [0.25, 0.3) is 0 Å². The summed E-state index contributed by atoms with van der Waals surface area (Å²) in [7, 11) is 1.53. The van der Waals surface area contributed by atoms with E-state index < -0.39 is 16.5 Å². The molecule has 2 aliphatic heterocycles. The van der Waals surface area contributed by atoms with Crippen LogP contribution in [0.3, 0.4) is 0 Å². The molecule has 5 nitrogen and oxygen atoms in total. The molecule has 4 rings (SSSR count). The van der Waals surface area contributed by atoms with Crippen molar-refractivity contribution in [2.75, 3.05) is 24.3 Å². The fraction of sp³-hybridized carbons (Fsp3) is 0.391. The molecular weight excluding hydrogens is 422 g/mol. The van der Waals surface area contributed by atoms with E-state index in [0.717, 1.165) is 0 Å². The molecule has 0 N–H and O–H groups in total. The Morgan fingerprint density at radius 2 is 1.94 bits per heavy atom. The molecule has 2 aromatic rings. The molecule has 1 saturated heterocycles. The smallest absolute Gasteiger partial charge is 0.268 e. The number of methoxy groups -OCH3 is 1. The molecule has 0 aromatic heterocycles. The first kappa shape index (κ1) is 21.6. The van der Waals surface area contributed by atoms with Gasteiger partial charge in [0.2, 0.25) is 5.91 Å². The first-order valence-electron chi connectivity index (χ1n) is 10.2. The normalized spacial score (nSPS) is 20.1. The number of thioether (sulfide) groups is 1. The number of hydrogen-bond donors (Lipinski definition) is 0. The molecule has 0 bridgehead atoms. The van der Waals surface area contributed by atoms with Crippen LogP contribution in [0.4, 0.5) is 14.5 Å². The molecule has 1 atom stereocenters. The van der Waals surface area contributed by atoms with Crippen LogP contribution in [-0.4, -0.2) is 36.1 Å². The minimum absolute atomic E-state index is 0.110. The molecule has 2 amide bonds. The van der Waals surface area contributed by atoms with Gasteiger partial charge >= 0.3 is 0 Å². The number of halogens is 2. The van der Waals surface area contributed by atoms with Gasteiger partial charge in [-0.25, -0.2) is 8.78 Å². The maximum atomic E-state index is 14.4. The van der Waals surface area contributed by atoms with Gasteiger partial charge in [-0.2, -0.15) is 0 Å². The average Bonchev–Trinajstić information content (AvgIpc) is 3.27. The second-order valence-corrected chi connectivity index (χ2v) is 9.40. The number of rotatable bonds is 5. The largest absolute Gasteiger partial charge is 0.497 e. The molecule has 0 saturated carbocycles. The van der Waals surface area contributed by atoms with Crippen molar-refractivity contribution in [3.05, 3.63) is 59.2 Å². The number of fused-ring (bicyclic) bond motifs is 2. The summed E-state index contributed by atoms with van der Waals surface area (Å²) >= 11 is 1.38. The molecule has 2 aromatic carbocycles. The van der Waals surface area contributed by atoms with Crippen molar-refractivity contribution < 1.29 is 23.1 Å². The second kappa shape index (κ2) is 8.15. The molecule has 1 fully saturated rings. The Balaban J connectivity index is 1.83. The van der Waals surface area contributed by atoms with E-state index in [1.807, 2.05) is 13.8 Å². The minimum atomic E-state index is -1.25. The van der Waals surface area contributed by atoms with E-state index in [4.69, 9.17) is 4.74 Å². The van der Waals surface area contributed by atoms with Crippen LogP contribution in [0.15, 0.2) is 36.4 Å². The van der Waals surface area contributed by atoms with Crippen LogP contribution in [0.5, 0.6) is 5.75 Å². The standard InChI is InChI=1S/C23H24F2N2O3S/c1-14(2)11-21(28)27-9-10-31-23(27)17-12-15(30-3)7-8-20(17)26(22(23)29)13-16-18(24)5-4-6-19(16)25/h4-8,12,14H,9-11,13H2,1-3H3/t23-/m0/s1. The molecule has 164 valence electrons. The van der Waals surface area contributed by atoms with Gasteiger partial charge < -0.3 is 14.5 Å². The third kappa shape index (κ3) is 3.46. The number of hydrogen-bond acceptors (Lipinski definition) is 4. The first-order chi connectivity index (χ1) is 14.8.